The standard InChI is InChI=1S/C8H5F6NO/c9-5-4(8(12,13)14)1-3(2-16)15-6(5)7(10)11/h1,7,16H,2H2. The van der Waals surface area contributed by atoms with Gasteiger partial charge in [0.15, 0.2) is 5.82 Å². The zero-order valence-electron chi connectivity index (χ0n) is 7.52. The molecule has 1 rings (SSSR count). The topological polar surface area (TPSA) is 33.1 Å². The molecule has 0 aromatic carbocycles. The molecule has 0 saturated heterocycles. The number of aliphatic hydroxyl groups is 1. The molecule has 0 radical (unpaired) electrons. The third-order valence-electron chi connectivity index (χ3n) is 1.71. The van der Waals surface area contributed by atoms with Crippen molar-refractivity contribution in [1.29, 1.82) is 0 Å². The second kappa shape index (κ2) is 4.28. The average Bonchev–Trinajstić information content (AvgIpc) is 2.15. The third kappa shape index (κ3) is 2.43. The van der Waals surface area contributed by atoms with Gasteiger partial charge in [-0.3, -0.25) is 0 Å². The molecule has 0 aliphatic rings. The summed E-state index contributed by atoms with van der Waals surface area (Å²) in [5, 5.41) is 8.53. The van der Waals surface area contributed by atoms with Crippen LogP contribution in [0.4, 0.5) is 26.3 Å². The van der Waals surface area contributed by atoms with E-state index in [1.54, 1.807) is 0 Å². The summed E-state index contributed by atoms with van der Waals surface area (Å²) in [5.41, 5.74) is -4.13. The minimum absolute atomic E-state index is 0.196. The average molecular weight is 245 g/mol. The van der Waals surface area contributed by atoms with Gasteiger partial charge in [-0.2, -0.15) is 13.2 Å². The Hall–Kier alpha value is -1.31. The lowest BCUT2D eigenvalue weighted by Crippen LogP contribution is -2.13. The van der Waals surface area contributed by atoms with Crippen molar-refractivity contribution in [3.05, 3.63) is 28.8 Å². The van der Waals surface area contributed by atoms with Crippen LogP contribution < -0.4 is 0 Å². The van der Waals surface area contributed by atoms with Gasteiger partial charge in [-0.15, -0.1) is 0 Å². The number of rotatable bonds is 2. The van der Waals surface area contributed by atoms with E-state index in [2.05, 4.69) is 4.98 Å². The predicted octanol–water partition coefficient (Wildman–Crippen LogP) is 2.67. The SMILES string of the molecule is OCc1cc(C(F)(F)F)c(F)c(C(F)F)n1. The van der Waals surface area contributed by atoms with Crippen LogP contribution >= 0.6 is 0 Å². The minimum Gasteiger partial charge on any atom is -0.390 e. The quantitative estimate of drug-likeness (QED) is 0.812. The Balaban J connectivity index is 3.44. The fraction of sp³-hybridized carbons (Fsp3) is 0.375. The molecule has 0 aliphatic heterocycles. The first-order valence-electron chi connectivity index (χ1n) is 3.93. The van der Waals surface area contributed by atoms with Crippen LogP contribution in [0.3, 0.4) is 0 Å². The van der Waals surface area contributed by atoms with Gasteiger partial charge in [0.25, 0.3) is 6.43 Å². The lowest BCUT2D eigenvalue weighted by molar-refractivity contribution is -0.140. The number of nitrogens with zero attached hydrogens (tertiary/aromatic N) is 1. The fourth-order valence-electron chi connectivity index (χ4n) is 1.04. The maximum absolute atomic E-state index is 13.0. The molecule has 1 aromatic heterocycles. The fourth-order valence-corrected chi connectivity index (χ4v) is 1.04. The van der Waals surface area contributed by atoms with Crippen LogP contribution in [0.2, 0.25) is 0 Å². The Morgan fingerprint density at radius 1 is 1.31 bits per heavy atom. The number of hydrogen-bond donors (Lipinski definition) is 1. The van der Waals surface area contributed by atoms with E-state index in [1.165, 1.54) is 0 Å². The van der Waals surface area contributed by atoms with Crippen molar-refractivity contribution >= 4 is 0 Å². The highest BCUT2D eigenvalue weighted by Crippen LogP contribution is 2.34. The molecule has 16 heavy (non-hydrogen) atoms. The van der Waals surface area contributed by atoms with Gasteiger partial charge in [-0.1, -0.05) is 0 Å². The van der Waals surface area contributed by atoms with E-state index in [-0.39, 0.29) is 6.07 Å². The largest absolute Gasteiger partial charge is 0.419 e. The molecule has 1 heterocycles. The Labute approximate surface area is 85.5 Å². The van der Waals surface area contributed by atoms with Crippen LogP contribution in [-0.2, 0) is 12.8 Å². The Morgan fingerprint density at radius 2 is 1.88 bits per heavy atom. The summed E-state index contributed by atoms with van der Waals surface area (Å²) < 4.78 is 74.0. The summed E-state index contributed by atoms with van der Waals surface area (Å²) >= 11 is 0. The van der Waals surface area contributed by atoms with Gasteiger partial charge >= 0.3 is 6.18 Å². The van der Waals surface area contributed by atoms with Crippen molar-refractivity contribution in [1.82, 2.24) is 4.98 Å². The summed E-state index contributed by atoms with van der Waals surface area (Å²) in [4.78, 5) is 2.89. The molecule has 0 saturated carbocycles. The summed E-state index contributed by atoms with van der Waals surface area (Å²) in [6, 6.07) is 0.196. The first-order valence-corrected chi connectivity index (χ1v) is 3.93. The molecule has 0 fully saturated rings. The highest BCUT2D eigenvalue weighted by atomic mass is 19.4. The van der Waals surface area contributed by atoms with Gasteiger partial charge in [-0.05, 0) is 6.07 Å². The molecule has 0 spiro atoms. The molecule has 8 heteroatoms. The summed E-state index contributed by atoms with van der Waals surface area (Å²) in [7, 11) is 0. The monoisotopic (exact) mass is 245 g/mol. The molecule has 0 unspecified atom stereocenters. The maximum Gasteiger partial charge on any atom is 0.419 e. The van der Waals surface area contributed by atoms with E-state index in [1.807, 2.05) is 0 Å². The number of aliphatic hydroxyl groups excluding tert-OH is 1. The molecular formula is C8H5F6NO. The molecule has 0 aliphatic carbocycles. The first kappa shape index (κ1) is 12.8. The maximum atomic E-state index is 13.0. The Kier molecular flexibility index (Phi) is 3.41. The lowest BCUT2D eigenvalue weighted by atomic mass is 10.1. The molecule has 0 atom stereocenters. The van der Waals surface area contributed by atoms with Crippen molar-refractivity contribution in [2.45, 2.75) is 19.2 Å². The van der Waals surface area contributed by atoms with Gasteiger partial charge in [0.05, 0.1) is 17.9 Å². The van der Waals surface area contributed by atoms with E-state index in [0.717, 1.165) is 0 Å². The van der Waals surface area contributed by atoms with E-state index in [4.69, 9.17) is 5.11 Å². The van der Waals surface area contributed by atoms with Gasteiger partial charge in [0, 0.05) is 0 Å². The number of pyridine rings is 1. The first-order chi connectivity index (χ1) is 7.27. The molecule has 1 N–H and O–H groups in total. The van der Waals surface area contributed by atoms with Gasteiger partial charge < -0.3 is 5.11 Å². The van der Waals surface area contributed by atoms with Crippen molar-refractivity contribution in [2.75, 3.05) is 0 Å². The van der Waals surface area contributed by atoms with Crippen LogP contribution in [0.5, 0.6) is 0 Å². The smallest absolute Gasteiger partial charge is 0.390 e. The van der Waals surface area contributed by atoms with Crippen molar-refractivity contribution < 1.29 is 31.4 Å². The van der Waals surface area contributed by atoms with Gasteiger partial charge in [0.2, 0.25) is 0 Å². The molecule has 2 nitrogen and oxygen atoms in total. The van der Waals surface area contributed by atoms with Crippen LogP contribution in [0.25, 0.3) is 0 Å². The number of aromatic nitrogens is 1. The zero-order valence-corrected chi connectivity index (χ0v) is 7.52. The summed E-state index contributed by atoms with van der Waals surface area (Å²) in [5.74, 6) is -2.11. The summed E-state index contributed by atoms with van der Waals surface area (Å²) in [6.07, 6.45) is -8.59. The minimum atomic E-state index is -5.11. The van der Waals surface area contributed by atoms with E-state index in [0.29, 0.717) is 0 Å². The Bertz CT molecular complexity index is 389. The molecule has 90 valence electrons. The Morgan fingerprint density at radius 3 is 2.25 bits per heavy atom. The number of hydrogen-bond acceptors (Lipinski definition) is 2. The van der Waals surface area contributed by atoms with Crippen LogP contribution in [0, 0.1) is 5.82 Å². The molecule has 1 aromatic rings. The molecular weight excluding hydrogens is 240 g/mol. The van der Waals surface area contributed by atoms with Crippen molar-refractivity contribution in [3.63, 3.8) is 0 Å². The van der Waals surface area contributed by atoms with Crippen LogP contribution in [-0.4, -0.2) is 10.1 Å². The highest BCUT2D eigenvalue weighted by Gasteiger charge is 2.37. The lowest BCUT2D eigenvalue weighted by Gasteiger charge is -2.12. The normalized spacial score (nSPS) is 12.2. The number of alkyl halides is 5. The summed E-state index contributed by atoms with van der Waals surface area (Å²) in [6.45, 7) is -0.983. The predicted molar refractivity (Wildman–Crippen MR) is 40.1 cm³/mol. The van der Waals surface area contributed by atoms with Crippen LogP contribution in [0.1, 0.15) is 23.4 Å². The van der Waals surface area contributed by atoms with Gasteiger partial charge in [-0.25, -0.2) is 18.2 Å². The van der Waals surface area contributed by atoms with Crippen LogP contribution in [0.15, 0.2) is 6.07 Å². The molecule has 0 bridgehead atoms. The van der Waals surface area contributed by atoms with E-state index >= 15 is 0 Å². The second-order valence-corrected chi connectivity index (χ2v) is 2.82. The third-order valence-corrected chi connectivity index (χ3v) is 1.71. The van der Waals surface area contributed by atoms with Gasteiger partial charge in [0.1, 0.15) is 5.69 Å². The van der Waals surface area contributed by atoms with Crippen molar-refractivity contribution in [2.24, 2.45) is 0 Å². The highest BCUT2D eigenvalue weighted by molar-refractivity contribution is 5.26. The molecule has 0 amide bonds. The second-order valence-electron chi connectivity index (χ2n) is 2.82. The zero-order chi connectivity index (χ0) is 12.5. The number of halogens is 6. The van der Waals surface area contributed by atoms with E-state index < -0.39 is 42.0 Å². The van der Waals surface area contributed by atoms with E-state index in [9.17, 15) is 26.3 Å². The van der Waals surface area contributed by atoms with Crippen molar-refractivity contribution in [3.8, 4) is 0 Å².